The van der Waals surface area contributed by atoms with Crippen LogP contribution < -0.4 is 5.32 Å². The third-order valence-electron chi connectivity index (χ3n) is 3.63. The van der Waals surface area contributed by atoms with Crippen LogP contribution in [0.15, 0.2) is 48.5 Å². The molecule has 0 aliphatic rings. The van der Waals surface area contributed by atoms with Crippen molar-refractivity contribution in [2.24, 2.45) is 0 Å². The van der Waals surface area contributed by atoms with Gasteiger partial charge in [-0.15, -0.1) is 0 Å². The summed E-state index contributed by atoms with van der Waals surface area (Å²) in [5, 5.41) is 4.32. The summed E-state index contributed by atoms with van der Waals surface area (Å²) in [7, 11) is 0. The summed E-state index contributed by atoms with van der Waals surface area (Å²) >= 11 is 5.89. The zero-order valence-corrected chi connectivity index (χ0v) is 13.1. The fourth-order valence-corrected chi connectivity index (χ4v) is 2.29. The minimum Gasteiger partial charge on any atom is -0.306 e. The molecule has 0 amide bonds. The van der Waals surface area contributed by atoms with E-state index >= 15 is 0 Å². The molecule has 0 spiro atoms. The molecule has 106 valence electrons. The summed E-state index contributed by atoms with van der Waals surface area (Å²) in [5.74, 6) is 0.585. The fourth-order valence-electron chi connectivity index (χ4n) is 2.16. The van der Waals surface area contributed by atoms with Gasteiger partial charge in [0, 0.05) is 17.6 Å². The number of benzene rings is 2. The molecule has 2 aromatic carbocycles. The summed E-state index contributed by atoms with van der Waals surface area (Å²) < 4.78 is 0. The highest BCUT2D eigenvalue weighted by Gasteiger charge is 2.06. The van der Waals surface area contributed by atoms with Gasteiger partial charge in [-0.2, -0.15) is 0 Å². The van der Waals surface area contributed by atoms with Gasteiger partial charge < -0.3 is 5.32 Å². The van der Waals surface area contributed by atoms with Gasteiger partial charge in [-0.1, -0.05) is 61.8 Å². The van der Waals surface area contributed by atoms with Crippen LogP contribution in [0.4, 0.5) is 0 Å². The molecule has 20 heavy (non-hydrogen) atoms. The van der Waals surface area contributed by atoms with Gasteiger partial charge in [0.05, 0.1) is 0 Å². The second-order valence-electron chi connectivity index (χ2n) is 5.55. The molecule has 1 nitrogen and oxygen atoms in total. The van der Waals surface area contributed by atoms with E-state index in [2.05, 4.69) is 62.5 Å². The highest BCUT2D eigenvalue weighted by molar-refractivity contribution is 6.30. The lowest BCUT2D eigenvalue weighted by atomic mass is 9.99. The predicted molar refractivity (Wildman–Crippen MR) is 87.2 cm³/mol. The molecule has 0 saturated heterocycles. The van der Waals surface area contributed by atoms with Gasteiger partial charge >= 0.3 is 0 Å². The first-order valence-electron chi connectivity index (χ1n) is 7.14. The van der Waals surface area contributed by atoms with E-state index in [4.69, 9.17) is 11.6 Å². The first-order chi connectivity index (χ1) is 9.56. The van der Waals surface area contributed by atoms with Crippen LogP contribution in [0.25, 0.3) is 0 Å². The van der Waals surface area contributed by atoms with E-state index in [0.717, 1.165) is 11.6 Å². The van der Waals surface area contributed by atoms with Crippen molar-refractivity contribution < 1.29 is 0 Å². The molecule has 0 heterocycles. The standard InChI is InChI=1S/C18H22ClN/c1-13(2)16-6-8-17(9-7-16)14(3)20-12-15-4-10-18(19)11-5-15/h4-11,13-14,20H,12H2,1-3H3. The van der Waals surface area contributed by atoms with Gasteiger partial charge in [0.25, 0.3) is 0 Å². The topological polar surface area (TPSA) is 12.0 Å². The van der Waals surface area contributed by atoms with E-state index in [0.29, 0.717) is 12.0 Å². The molecule has 0 saturated carbocycles. The number of rotatable bonds is 5. The van der Waals surface area contributed by atoms with Crippen molar-refractivity contribution in [2.75, 3.05) is 0 Å². The molecule has 1 atom stereocenters. The maximum absolute atomic E-state index is 5.89. The van der Waals surface area contributed by atoms with Gasteiger partial charge in [0.2, 0.25) is 0 Å². The Bertz CT molecular complexity index is 528. The Labute approximate surface area is 127 Å². The number of halogens is 1. The molecule has 1 unspecified atom stereocenters. The SMILES string of the molecule is CC(C)c1ccc(C(C)NCc2ccc(Cl)cc2)cc1. The Morgan fingerprint density at radius 3 is 1.95 bits per heavy atom. The van der Waals surface area contributed by atoms with E-state index in [1.165, 1.54) is 16.7 Å². The molecule has 2 heteroatoms. The zero-order valence-electron chi connectivity index (χ0n) is 12.4. The second kappa shape index (κ2) is 6.92. The second-order valence-corrected chi connectivity index (χ2v) is 5.99. The lowest BCUT2D eigenvalue weighted by molar-refractivity contribution is 0.574. The van der Waals surface area contributed by atoms with Crippen LogP contribution in [-0.4, -0.2) is 0 Å². The minimum atomic E-state index is 0.340. The van der Waals surface area contributed by atoms with Crippen LogP contribution in [-0.2, 0) is 6.54 Å². The lowest BCUT2D eigenvalue weighted by Crippen LogP contribution is -2.18. The maximum atomic E-state index is 5.89. The Hall–Kier alpha value is -1.31. The quantitative estimate of drug-likeness (QED) is 0.785. The van der Waals surface area contributed by atoms with E-state index in [1.807, 2.05) is 12.1 Å². The molecule has 0 fully saturated rings. The van der Waals surface area contributed by atoms with E-state index < -0.39 is 0 Å². The van der Waals surface area contributed by atoms with E-state index in [-0.39, 0.29) is 0 Å². The molecule has 1 N–H and O–H groups in total. The average Bonchev–Trinajstić information content (AvgIpc) is 2.46. The van der Waals surface area contributed by atoms with Crippen molar-refractivity contribution in [3.05, 3.63) is 70.2 Å². The molecule has 2 aromatic rings. The van der Waals surface area contributed by atoms with E-state index in [9.17, 15) is 0 Å². The normalized spacial score (nSPS) is 12.7. The zero-order chi connectivity index (χ0) is 14.5. The molecular formula is C18H22ClN. The third kappa shape index (κ3) is 4.09. The maximum Gasteiger partial charge on any atom is 0.0406 e. The first-order valence-corrected chi connectivity index (χ1v) is 7.51. The molecule has 0 aliphatic carbocycles. The Morgan fingerprint density at radius 1 is 0.850 bits per heavy atom. The van der Waals surface area contributed by atoms with Crippen LogP contribution >= 0.6 is 11.6 Å². The van der Waals surface area contributed by atoms with Gasteiger partial charge in [-0.25, -0.2) is 0 Å². The van der Waals surface area contributed by atoms with Gasteiger partial charge in [-0.05, 0) is 41.7 Å². The predicted octanol–water partition coefficient (Wildman–Crippen LogP) is 5.31. The fraction of sp³-hybridized carbons (Fsp3) is 0.333. The Morgan fingerprint density at radius 2 is 1.40 bits per heavy atom. The summed E-state index contributed by atoms with van der Waals surface area (Å²) in [6, 6.07) is 17.2. The minimum absolute atomic E-state index is 0.340. The van der Waals surface area contributed by atoms with Crippen LogP contribution in [0.3, 0.4) is 0 Å². The van der Waals surface area contributed by atoms with Gasteiger partial charge in [-0.3, -0.25) is 0 Å². The summed E-state index contributed by atoms with van der Waals surface area (Å²) in [4.78, 5) is 0. The summed E-state index contributed by atoms with van der Waals surface area (Å²) in [6.07, 6.45) is 0. The summed E-state index contributed by atoms with van der Waals surface area (Å²) in [5.41, 5.74) is 3.96. The van der Waals surface area contributed by atoms with Crippen LogP contribution in [0.2, 0.25) is 5.02 Å². The smallest absolute Gasteiger partial charge is 0.0406 e. The molecule has 0 aliphatic heterocycles. The van der Waals surface area contributed by atoms with Gasteiger partial charge in [0.1, 0.15) is 0 Å². The Kier molecular flexibility index (Phi) is 5.22. The van der Waals surface area contributed by atoms with Crippen LogP contribution in [0, 0.1) is 0 Å². The van der Waals surface area contributed by atoms with E-state index in [1.54, 1.807) is 0 Å². The third-order valence-corrected chi connectivity index (χ3v) is 3.88. The molecule has 0 aromatic heterocycles. The van der Waals surface area contributed by atoms with Crippen molar-refractivity contribution in [3.63, 3.8) is 0 Å². The van der Waals surface area contributed by atoms with Crippen LogP contribution in [0.5, 0.6) is 0 Å². The van der Waals surface area contributed by atoms with Crippen molar-refractivity contribution >= 4 is 11.6 Å². The molecule has 2 rings (SSSR count). The van der Waals surface area contributed by atoms with Crippen molar-refractivity contribution in [1.29, 1.82) is 0 Å². The number of hydrogen-bond acceptors (Lipinski definition) is 1. The van der Waals surface area contributed by atoms with Crippen molar-refractivity contribution in [3.8, 4) is 0 Å². The highest BCUT2D eigenvalue weighted by Crippen LogP contribution is 2.19. The highest BCUT2D eigenvalue weighted by atomic mass is 35.5. The number of nitrogens with one attached hydrogen (secondary N) is 1. The average molecular weight is 288 g/mol. The molecular weight excluding hydrogens is 266 g/mol. The number of hydrogen-bond donors (Lipinski definition) is 1. The molecule has 0 bridgehead atoms. The Balaban J connectivity index is 1.94. The summed E-state index contributed by atoms with van der Waals surface area (Å²) in [6.45, 7) is 7.49. The lowest BCUT2D eigenvalue weighted by Gasteiger charge is -2.15. The largest absolute Gasteiger partial charge is 0.306 e. The van der Waals surface area contributed by atoms with Crippen molar-refractivity contribution in [2.45, 2.75) is 39.3 Å². The monoisotopic (exact) mass is 287 g/mol. The molecule has 0 radical (unpaired) electrons. The van der Waals surface area contributed by atoms with Crippen molar-refractivity contribution in [1.82, 2.24) is 5.32 Å². The van der Waals surface area contributed by atoms with Gasteiger partial charge in [0.15, 0.2) is 0 Å². The first kappa shape index (κ1) is 15.1. The van der Waals surface area contributed by atoms with Crippen LogP contribution in [0.1, 0.15) is 49.4 Å².